The fourth-order valence-corrected chi connectivity index (χ4v) is 3.15. The maximum absolute atomic E-state index is 10.1. The van der Waals surface area contributed by atoms with E-state index in [1.807, 2.05) is 49.7 Å². The molecule has 0 aliphatic heterocycles. The molecule has 0 spiro atoms. The number of hydrogen-bond donors (Lipinski definition) is 2. The molecule has 0 aliphatic carbocycles. The molecule has 4 rings (SSSR count). The van der Waals surface area contributed by atoms with Gasteiger partial charge in [0.15, 0.2) is 0 Å². The monoisotopic (exact) mass is 349 g/mol. The third-order valence-corrected chi connectivity index (χ3v) is 4.74. The average molecular weight is 350 g/mol. The molecule has 0 saturated carbocycles. The molecular formula is C20H16ClN3O. The summed E-state index contributed by atoms with van der Waals surface area (Å²) < 4.78 is 0. The number of aromatic amines is 1. The van der Waals surface area contributed by atoms with Crippen molar-refractivity contribution in [2.75, 3.05) is 0 Å². The fraction of sp³-hybridized carbons (Fsp3) is 0.100. The third kappa shape index (κ3) is 2.85. The van der Waals surface area contributed by atoms with Gasteiger partial charge in [-0.15, -0.1) is 0 Å². The normalized spacial score (nSPS) is 11.8. The maximum Gasteiger partial charge on any atom is 0.142 e. The van der Waals surface area contributed by atoms with Gasteiger partial charge in [0.25, 0.3) is 0 Å². The summed E-state index contributed by atoms with van der Waals surface area (Å²) in [7, 11) is 0. The van der Waals surface area contributed by atoms with Gasteiger partial charge in [-0.25, -0.2) is 4.98 Å². The van der Waals surface area contributed by atoms with E-state index in [0.29, 0.717) is 17.1 Å². The largest absolute Gasteiger partial charge is 0.506 e. The molecule has 0 amide bonds. The minimum atomic E-state index is 0.138. The molecule has 0 unspecified atom stereocenters. The first-order chi connectivity index (χ1) is 12.1. The van der Waals surface area contributed by atoms with Crippen molar-refractivity contribution in [1.82, 2.24) is 9.97 Å². The Morgan fingerprint density at radius 1 is 1.20 bits per heavy atom. The lowest BCUT2D eigenvalue weighted by atomic mass is 10.1. The summed E-state index contributed by atoms with van der Waals surface area (Å²) in [5, 5.41) is 12.6. The number of aryl methyl sites for hydroxylation is 1. The molecule has 0 saturated heterocycles. The number of aliphatic imine (C=N–C) groups is 1. The number of nitrogens with zero attached hydrogens (tertiary/aromatic N) is 2. The number of hydrogen-bond acceptors (Lipinski definition) is 3. The van der Waals surface area contributed by atoms with Gasteiger partial charge in [0.1, 0.15) is 11.3 Å². The number of nitrogens with one attached hydrogen (secondary N) is 1. The molecule has 2 N–H and O–H groups in total. The molecule has 0 bridgehead atoms. The van der Waals surface area contributed by atoms with E-state index in [-0.39, 0.29) is 5.75 Å². The van der Waals surface area contributed by atoms with E-state index in [1.165, 1.54) is 0 Å². The molecule has 2 aromatic heterocycles. The highest BCUT2D eigenvalue weighted by Gasteiger charge is 2.09. The van der Waals surface area contributed by atoms with Gasteiger partial charge in [-0.05, 0) is 36.8 Å². The molecule has 2 aromatic carbocycles. The molecule has 2 heterocycles. The van der Waals surface area contributed by atoms with Crippen LogP contribution in [0.4, 0.5) is 0 Å². The average Bonchev–Trinajstić information content (AvgIpc) is 3.03. The lowest BCUT2D eigenvalue weighted by Gasteiger charge is -2.07. The van der Waals surface area contributed by atoms with E-state index < -0.39 is 0 Å². The molecular weight excluding hydrogens is 334 g/mol. The van der Waals surface area contributed by atoms with Gasteiger partial charge >= 0.3 is 0 Å². The second kappa shape index (κ2) is 6.22. The van der Waals surface area contributed by atoms with Gasteiger partial charge in [-0.3, -0.25) is 4.99 Å². The molecule has 0 radical (unpaired) electrons. The Morgan fingerprint density at radius 2 is 2.04 bits per heavy atom. The van der Waals surface area contributed by atoms with Gasteiger partial charge in [-0.2, -0.15) is 0 Å². The highest BCUT2D eigenvalue weighted by molar-refractivity contribution is 6.36. The summed E-state index contributed by atoms with van der Waals surface area (Å²) in [4.78, 5) is 12.2. The first kappa shape index (κ1) is 15.7. The minimum Gasteiger partial charge on any atom is -0.506 e. The first-order valence-electron chi connectivity index (χ1n) is 7.97. The van der Waals surface area contributed by atoms with Crippen LogP contribution in [0.3, 0.4) is 0 Å². The topological polar surface area (TPSA) is 61.3 Å². The molecule has 4 nitrogen and oxygen atoms in total. The van der Waals surface area contributed by atoms with Crippen molar-refractivity contribution in [3.8, 4) is 5.75 Å². The summed E-state index contributed by atoms with van der Waals surface area (Å²) in [5.41, 5.74) is 4.24. The van der Waals surface area contributed by atoms with Crippen LogP contribution in [0.5, 0.6) is 5.75 Å². The van der Waals surface area contributed by atoms with Gasteiger partial charge < -0.3 is 10.1 Å². The number of benzene rings is 2. The Kier molecular flexibility index (Phi) is 3.90. The molecule has 4 aromatic rings. The van der Waals surface area contributed by atoms with Crippen LogP contribution in [0, 0.1) is 6.92 Å². The van der Waals surface area contributed by atoms with E-state index in [0.717, 1.165) is 33.1 Å². The smallest absolute Gasteiger partial charge is 0.142 e. The van der Waals surface area contributed by atoms with E-state index >= 15 is 0 Å². The predicted molar refractivity (Wildman–Crippen MR) is 103 cm³/mol. The standard InChI is InChI=1S/C20H16ClN3O/c1-12-8-18(25)20-16(19(12)21)7-6-14(24-20)11-22-9-13-10-23-17-5-3-2-4-15(13)17/h2-10,23,25H,11H2,1H3. The molecule has 0 aliphatic rings. The Labute approximate surface area is 149 Å². The van der Waals surface area contributed by atoms with E-state index in [4.69, 9.17) is 11.6 Å². The van der Waals surface area contributed by atoms with Crippen molar-refractivity contribution < 1.29 is 5.11 Å². The van der Waals surface area contributed by atoms with Crippen LogP contribution in [0.25, 0.3) is 21.8 Å². The van der Waals surface area contributed by atoms with Crippen molar-refractivity contribution in [3.63, 3.8) is 0 Å². The van der Waals surface area contributed by atoms with Gasteiger partial charge in [0, 0.05) is 34.3 Å². The number of aromatic nitrogens is 2. The number of pyridine rings is 1. The third-order valence-electron chi connectivity index (χ3n) is 4.24. The number of fused-ring (bicyclic) bond motifs is 2. The SMILES string of the molecule is Cc1cc(O)c2nc(CN=Cc3c[nH]c4ccccc34)ccc2c1Cl. The van der Waals surface area contributed by atoms with Crippen LogP contribution in [0.1, 0.15) is 16.8 Å². The van der Waals surface area contributed by atoms with Crippen molar-refractivity contribution in [1.29, 1.82) is 0 Å². The van der Waals surface area contributed by atoms with Crippen molar-refractivity contribution in [3.05, 3.63) is 70.5 Å². The summed E-state index contributed by atoms with van der Waals surface area (Å²) in [6.45, 7) is 2.29. The maximum atomic E-state index is 10.1. The lowest BCUT2D eigenvalue weighted by molar-refractivity contribution is 0.480. The Morgan fingerprint density at radius 3 is 2.92 bits per heavy atom. The number of aromatic hydroxyl groups is 1. The minimum absolute atomic E-state index is 0.138. The van der Waals surface area contributed by atoms with Gasteiger partial charge in [0.05, 0.1) is 17.3 Å². The van der Waals surface area contributed by atoms with Crippen molar-refractivity contribution in [2.45, 2.75) is 13.5 Å². The van der Waals surface area contributed by atoms with Crippen LogP contribution in [-0.2, 0) is 6.54 Å². The number of H-pyrrole nitrogens is 1. The predicted octanol–water partition coefficient (Wildman–Crippen LogP) is 5.00. The van der Waals surface area contributed by atoms with Crippen LogP contribution >= 0.6 is 11.6 Å². The molecule has 5 heteroatoms. The first-order valence-corrected chi connectivity index (χ1v) is 8.35. The number of halogens is 1. The number of rotatable bonds is 3. The zero-order valence-corrected chi connectivity index (χ0v) is 14.4. The molecule has 0 fully saturated rings. The Bertz CT molecular complexity index is 1110. The number of phenolic OH excluding ortho intramolecular Hbond substituents is 1. The van der Waals surface area contributed by atoms with Crippen LogP contribution in [0.2, 0.25) is 5.02 Å². The zero-order valence-electron chi connectivity index (χ0n) is 13.6. The van der Waals surface area contributed by atoms with E-state index in [9.17, 15) is 5.11 Å². The molecule has 0 atom stereocenters. The van der Waals surface area contributed by atoms with Gasteiger partial charge in [0.2, 0.25) is 0 Å². The summed E-state index contributed by atoms with van der Waals surface area (Å²) in [6, 6.07) is 13.5. The van der Waals surface area contributed by atoms with Crippen LogP contribution in [-0.4, -0.2) is 21.3 Å². The van der Waals surface area contributed by atoms with Crippen LogP contribution < -0.4 is 0 Å². The van der Waals surface area contributed by atoms with Crippen LogP contribution in [0.15, 0.2) is 53.7 Å². The lowest BCUT2D eigenvalue weighted by Crippen LogP contribution is -1.91. The van der Waals surface area contributed by atoms with E-state index in [2.05, 4.69) is 21.0 Å². The highest BCUT2D eigenvalue weighted by atomic mass is 35.5. The summed E-state index contributed by atoms with van der Waals surface area (Å²) in [5.74, 6) is 0.138. The van der Waals surface area contributed by atoms with Crippen molar-refractivity contribution >= 4 is 39.6 Å². The number of phenols is 1. The zero-order chi connectivity index (χ0) is 17.4. The second-order valence-electron chi connectivity index (χ2n) is 5.98. The van der Waals surface area contributed by atoms with Gasteiger partial charge in [-0.1, -0.05) is 29.8 Å². The molecule has 124 valence electrons. The Balaban J connectivity index is 1.63. The Hall–Kier alpha value is -2.85. The van der Waals surface area contributed by atoms with E-state index in [1.54, 1.807) is 6.07 Å². The second-order valence-corrected chi connectivity index (χ2v) is 6.36. The molecule has 25 heavy (non-hydrogen) atoms. The quantitative estimate of drug-likeness (QED) is 0.511. The fourth-order valence-electron chi connectivity index (χ4n) is 2.95. The van der Waals surface area contributed by atoms with Crippen molar-refractivity contribution in [2.24, 2.45) is 4.99 Å². The summed E-state index contributed by atoms with van der Waals surface area (Å²) >= 11 is 6.29. The summed E-state index contributed by atoms with van der Waals surface area (Å²) in [6.07, 6.45) is 3.78. The highest BCUT2D eigenvalue weighted by Crippen LogP contribution is 2.32. The number of para-hydroxylation sites is 1.